The van der Waals surface area contributed by atoms with Crippen molar-refractivity contribution in [1.29, 1.82) is 0 Å². The van der Waals surface area contributed by atoms with Crippen molar-refractivity contribution in [1.82, 2.24) is 15.1 Å². The van der Waals surface area contributed by atoms with E-state index >= 15 is 0 Å². The van der Waals surface area contributed by atoms with Crippen LogP contribution >= 0.6 is 0 Å². The minimum Gasteiger partial charge on any atom is -0.354 e. The van der Waals surface area contributed by atoms with E-state index in [0.29, 0.717) is 23.7 Å². The van der Waals surface area contributed by atoms with Crippen LogP contribution in [-0.2, 0) is 16.8 Å². The number of nitrogens with zero attached hydrogens (tertiary/aromatic N) is 2. The minimum atomic E-state index is -0.270. The fourth-order valence-electron chi connectivity index (χ4n) is 3.11. The topological polar surface area (TPSA) is 76.0 Å². The van der Waals surface area contributed by atoms with Crippen LogP contribution in [0.1, 0.15) is 75.1 Å². The summed E-state index contributed by atoms with van der Waals surface area (Å²) in [6.07, 6.45) is 2.62. The molecule has 1 aliphatic rings. The molecule has 2 aromatic rings. The van der Waals surface area contributed by atoms with Crippen molar-refractivity contribution < 1.29 is 9.59 Å². The highest BCUT2D eigenvalue weighted by Crippen LogP contribution is 2.40. The Bertz CT molecular complexity index is 856. The molecule has 0 unspecified atom stereocenters. The molecule has 6 nitrogen and oxygen atoms in total. The molecule has 2 amide bonds. The van der Waals surface area contributed by atoms with Gasteiger partial charge in [0.25, 0.3) is 5.91 Å². The van der Waals surface area contributed by atoms with E-state index in [9.17, 15) is 9.59 Å². The summed E-state index contributed by atoms with van der Waals surface area (Å²) in [6.45, 7) is 10.0. The lowest BCUT2D eigenvalue weighted by atomic mass is 10.1. The van der Waals surface area contributed by atoms with Gasteiger partial charge in [0.05, 0.1) is 17.7 Å². The zero-order chi connectivity index (χ0) is 20.5. The van der Waals surface area contributed by atoms with Crippen LogP contribution in [0.25, 0.3) is 0 Å². The van der Waals surface area contributed by atoms with Crippen molar-refractivity contribution in [3.63, 3.8) is 0 Å². The van der Waals surface area contributed by atoms with Crippen molar-refractivity contribution >= 4 is 17.5 Å². The highest BCUT2D eigenvalue weighted by Gasteiger charge is 2.31. The smallest absolute Gasteiger partial charge is 0.273 e. The highest BCUT2D eigenvalue weighted by atomic mass is 16.2. The summed E-state index contributed by atoms with van der Waals surface area (Å²) < 4.78 is 1.82. The number of nitrogens with one attached hydrogen (secondary N) is 2. The first-order valence-electron chi connectivity index (χ1n) is 9.93. The molecule has 28 heavy (non-hydrogen) atoms. The molecule has 0 spiro atoms. The number of hydrogen-bond donors (Lipinski definition) is 2. The molecular weight excluding hydrogens is 352 g/mol. The molecule has 1 heterocycles. The fraction of sp³-hybridized carbons (Fsp3) is 0.500. The standard InChI is InChI=1S/C22H30N4O2/c1-14(2)23-20(27)12-15-6-10-17(11-7-15)24-21(28)19-13-18(16-8-9-16)25-26(19)22(3,4)5/h6-7,10-11,13-14,16H,8-9,12H2,1-5H3,(H,23,27)(H,24,28). The number of carbonyl (C=O) groups is 2. The van der Waals surface area contributed by atoms with Crippen LogP contribution in [0.3, 0.4) is 0 Å². The maximum atomic E-state index is 12.9. The van der Waals surface area contributed by atoms with Crippen molar-refractivity contribution in [2.45, 2.75) is 71.4 Å². The molecule has 150 valence electrons. The second kappa shape index (κ2) is 7.78. The van der Waals surface area contributed by atoms with E-state index in [0.717, 1.165) is 24.1 Å². The lowest BCUT2D eigenvalue weighted by Gasteiger charge is -2.22. The van der Waals surface area contributed by atoms with Gasteiger partial charge in [-0.05, 0) is 71.2 Å². The van der Waals surface area contributed by atoms with Crippen LogP contribution in [0.4, 0.5) is 5.69 Å². The lowest BCUT2D eigenvalue weighted by molar-refractivity contribution is -0.120. The van der Waals surface area contributed by atoms with Crippen LogP contribution in [0.5, 0.6) is 0 Å². The first-order valence-corrected chi connectivity index (χ1v) is 9.93. The van der Waals surface area contributed by atoms with Gasteiger partial charge in [-0.15, -0.1) is 0 Å². The van der Waals surface area contributed by atoms with E-state index in [1.807, 2.05) is 69.6 Å². The molecule has 2 N–H and O–H groups in total. The van der Waals surface area contributed by atoms with E-state index in [1.165, 1.54) is 0 Å². The second-order valence-corrected chi connectivity index (χ2v) is 8.86. The van der Waals surface area contributed by atoms with Crippen molar-refractivity contribution in [3.8, 4) is 0 Å². The third-order valence-corrected chi connectivity index (χ3v) is 4.62. The number of rotatable bonds is 6. The minimum absolute atomic E-state index is 0.00605. The van der Waals surface area contributed by atoms with Gasteiger partial charge in [0.15, 0.2) is 0 Å². The molecule has 3 rings (SSSR count). The van der Waals surface area contributed by atoms with Gasteiger partial charge in [-0.1, -0.05) is 12.1 Å². The van der Waals surface area contributed by atoms with Crippen LogP contribution < -0.4 is 10.6 Å². The number of benzene rings is 1. The van der Waals surface area contributed by atoms with Gasteiger partial charge in [0.1, 0.15) is 5.69 Å². The van der Waals surface area contributed by atoms with Crippen LogP contribution in [-0.4, -0.2) is 27.6 Å². The summed E-state index contributed by atoms with van der Waals surface area (Å²) in [5.41, 5.74) is 2.92. The third-order valence-electron chi connectivity index (χ3n) is 4.62. The Morgan fingerprint density at radius 2 is 1.82 bits per heavy atom. The summed E-state index contributed by atoms with van der Waals surface area (Å²) in [7, 11) is 0. The molecule has 0 atom stereocenters. The molecule has 0 radical (unpaired) electrons. The summed E-state index contributed by atoms with van der Waals surface area (Å²) in [5, 5.41) is 10.5. The molecule has 1 aromatic heterocycles. The van der Waals surface area contributed by atoms with E-state index in [2.05, 4.69) is 15.7 Å². The molecule has 1 saturated carbocycles. The zero-order valence-electron chi connectivity index (χ0n) is 17.4. The predicted molar refractivity (Wildman–Crippen MR) is 111 cm³/mol. The summed E-state index contributed by atoms with van der Waals surface area (Å²) >= 11 is 0. The van der Waals surface area contributed by atoms with Gasteiger partial charge >= 0.3 is 0 Å². The number of anilines is 1. The van der Waals surface area contributed by atoms with Crippen LogP contribution in [0.15, 0.2) is 30.3 Å². The maximum absolute atomic E-state index is 12.9. The zero-order valence-corrected chi connectivity index (χ0v) is 17.4. The van der Waals surface area contributed by atoms with E-state index in [1.54, 1.807) is 0 Å². The molecule has 0 bridgehead atoms. The van der Waals surface area contributed by atoms with Crippen LogP contribution in [0.2, 0.25) is 0 Å². The summed E-state index contributed by atoms with van der Waals surface area (Å²) in [6, 6.07) is 9.44. The average Bonchev–Trinajstić information content (AvgIpc) is 3.32. The molecule has 0 aliphatic heterocycles. The van der Waals surface area contributed by atoms with Crippen molar-refractivity contribution in [3.05, 3.63) is 47.3 Å². The van der Waals surface area contributed by atoms with Gasteiger partial charge in [-0.3, -0.25) is 14.3 Å². The van der Waals surface area contributed by atoms with Crippen molar-refractivity contribution in [2.75, 3.05) is 5.32 Å². The quantitative estimate of drug-likeness (QED) is 0.797. The fourth-order valence-corrected chi connectivity index (χ4v) is 3.11. The normalized spacial score (nSPS) is 14.2. The largest absolute Gasteiger partial charge is 0.354 e. The lowest BCUT2D eigenvalue weighted by Crippen LogP contribution is -2.31. The van der Waals surface area contributed by atoms with E-state index in [4.69, 9.17) is 0 Å². The monoisotopic (exact) mass is 382 g/mol. The predicted octanol–water partition coefficient (Wildman–Crippen LogP) is 3.83. The molecule has 6 heteroatoms. The average molecular weight is 383 g/mol. The Morgan fingerprint density at radius 1 is 1.18 bits per heavy atom. The van der Waals surface area contributed by atoms with Gasteiger partial charge in [0.2, 0.25) is 5.91 Å². The van der Waals surface area contributed by atoms with Gasteiger partial charge in [0, 0.05) is 17.6 Å². The van der Waals surface area contributed by atoms with E-state index in [-0.39, 0.29) is 23.4 Å². The highest BCUT2D eigenvalue weighted by molar-refractivity contribution is 6.03. The molecule has 1 aliphatic carbocycles. The van der Waals surface area contributed by atoms with Crippen LogP contribution in [0, 0.1) is 0 Å². The number of amides is 2. The van der Waals surface area contributed by atoms with Gasteiger partial charge in [-0.25, -0.2) is 0 Å². The Labute approximate surface area is 166 Å². The first-order chi connectivity index (χ1) is 13.1. The number of aromatic nitrogens is 2. The Kier molecular flexibility index (Phi) is 5.59. The second-order valence-electron chi connectivity index (χ2n) is 8.86. The molecule has 1 aromatic carbocycles. The summed E-state index contributed by atoms with van der Waals surface area (Å²) in [5.74, 6) is 0.319. The third kappa shape index (κ3) is 5.00. The molecular formula is C22H30N4O2. The van der Waals surface area contributed by atoms with Gasteiger partial charge < -0.3 is 10.6 Å². The number of hydrogen-bond acceptors (Lipinski definition) is 3. The first kappa shape index (κ1) is 20.1. The summed E-state index contributed by atoms with van der Waals surface area (Å²) in [4.78, 5) is 24.8. The molecule has 0 saturated heterocycles. The maximum Gasteiger partial charge on any atom is 0.273 e. The van der Waals surface area contributed by atoms with Crippen molar-refractivity contribution in [2.24, 2.45) is 0 Å². The Balaban J connectivity index is 1.70. The van der Waals surface area contributed by atoms with E-state index < -0.39 is 0 Å². The SMILES string of the molecule is CC(C)NC(=O)Cc1ccc(NC(=O)c2cc(C3CC3)nn2C(C)(C)C)cc1. The number of carbonyl (C=O) groups excluding carboxylic acids is 2. The molecule has 1 fully saturated rings. The van der Waals surface area contributed by atoms with Gasteiger partial charge in [-0.2, -0.15) is 5.10 Å². The Morgan fingerprint density at radius 3 is 2.36 bits per heavy atom. The Hall–Kier alpha value is -2.63.